The summed E-state index contributed by atoms with van der Waals surface area (Å²) in [6.45, 7) is 5.06. The van der Waals surface area contributed by atoms with Crippen molar-refractivity contribution in [3.8, 4) is 0 Å². The van der Waals surface area contributed by atoms with Crippen LogP contribution in [0.2, 0.25) is 0 Å². The van der Waals surface area contributed by atoms with Crippen LogP contribution in [0.15, 0.2) is 23.1 Å². The Morgan fingerprint density at radius 2 is 1.82 bits per heavy atom. The van der Waals surface area contributed by atoms with Gasteiger partial charge < -0.3 is 5.32 Å². The highest BCUT2D eigenvalue weighted by Gasteiger charge is 2.23. The maximum absolute atomic E-state index is 12.4. The Kier molecular flexibility index (Phi) is 9.91. The van der Waals surface area contributed by atoms with Crippen LogP contribution in [0.25, 0.3) is 0 Å². The third-order valence-electron chi connectivity index (χ3n) is 3.98. The standard InChI is InChI=1S/C17H29N3O5S3/c1-5-27(22,23)20-15(8-11-26-4)17(21)18-9-10-19-28(24,25)16-12-13(2)6-7-14(16)3/h6-7,12,15,19-20H,5,8-11H2,1-4H3,(H,18,21). The first-order chi connectivity index (χ1) is 13.0. The van der Waals surface area contributed by atoms with Gasteiger partial charge in [-0.1, -0.05) is 12.1 Å². The zero-order chi connectivity index (χ0) is 21.4. The molecule has 0 aliphatic carbocycles. The van der Waals surface area contributed by atoms with Crippen LogP contribution in [0, 0.1) is 13.8 Å². The molecule has 1 aromatic rings. The lowest BCUT2D eigenvalue weighted by Gasteiger charge is -2.18. The van der Waals surface area contributed by atoms with E-state index < -0.39 is 32.0 Å². The van der Waals surface area contributed by atoms with E-state index in [1.165, 1.54) is 18.7 Å². The van der Waals surface area contributed by atoms with Gasteiger partial charge in [-0.05, 0) is 56.4 Å². The average molecular weight is 452 g/mol. The Morgan fingerprint density at radius 3 is 2.43 bits per heavy atom. The molecule has 0 saturated carbocycles. The van der Waals surface area contributed by atoms with Gasteiger partial charge in [-0.25, -0.2) is 26.3 Å². The van der Waals surface area contributed by atoms with E-state index in [4.69, 9.17) is 0 Å². The fourth-order valence-electron chi connectivity index (χ4n) is 2.35. The van der Waals surface area contributed by atoms with Crippen molar-refractivity contribution in [2.75, 3.05) is 30.9 Å². The molecule has 8 nitrogen and oxygen atoms in total. The van der Waals surface area contributed by atoms with Gasteiger partial charge in [0, 0.05) is 13.1 Å². The Hall–Kier alpha value is -1.14. The van der Waals surface area contributed by atoms with E-state index in [-0.39, 0.29) is 23.7 Å². The zero-order valence-corrected chi connectivity index (χ0v) is 19.1. The second kappa shape index (κ2) is 11.1. The molecule has 0 aromatic heterocycles. The number of aryl methyl sites for hydroxylation is 2. The van der Waals surface area contributed by atoms with Crippen molar-refractivity contribution in [3.05, 3.63) is 29.3 Å². The SMILES string of the molecule is CCS(=O)(=O)NC(CCSC)C(=O)NCCNS(=O)(=O)c1cc(C)ccc1C. The molecule has 0 fully saturated rings. The van der Waals surface area contributed by atoms with Crippen molar-refractivity contribution in [3.63, 3.8) is 0 Å². The predicted molar refractivity (Wildman–Crippen MR) is 113 cm³/mol. The van der Waals surface area contributed by atoms with Crippen molar-refractivity contribution < 1.29 is 21.6 Å². The first-order valence-electron chi connectivity index (χ1n) is 8.86. The van der Waals surface area contributed by atoms with Gasteiger partial charge in [-0.2, -0.15) is 11.8 Å². The molecule has 0 bridgehead atoms. The summed E-state index contributed by atoms with van der Waals surface area (Å²) in [6, 6.07) is 4.28. The molecule has 1 amide bonds. The van der Waals surface area contributed by atoms with E-state index in [1.807, 2.05) is 19.2 Å². The normalized spacial score (nSPS) is 13.3. The summed E-state index contributed by atoms with van der Waals surface area (Å²) >= 11 is 1.51. The first-order valence-corrected chi connectivity index (χ1v) is 13.4. The molecule has 1 aromatic carbocycles. The molecule has 28 heavy (non-hydrogen) atoms. The maximum Gasteiger partial charge on any atom is 0.240 e. The van der Waals surface area contributed by atoms with E-state index in [9.17, 15) is 21.6 Å². The van der Waals surface area contributed by atoms with Crippen LogP contribution in [0.5, 0.6) is 0 Å². The number of rotatable bonds is 12. The van der Waals surface area contributed by atoms with Crippen LogP contribution in [0.3, 0.4) is 0 Å². The number of carbonyl (C=O) groups excluding carboxylic acids is 1. The second-order valence-corrected chi connectivity index (χ2v) is 11.1. The van der Waals surface area contributed by atoms with Crippen LogP contribution < -0.4 is 14.8 Å². The van der Waals surface area contributed by atoms with Crippen LogP contribution in [-0.2, 0) is 24.8 Å². The van der Waals surface area contributed by atoms with Crippen molar-refractivity contribution >= 4 is 37.7 Å². The van der Waals surface area contributed by atoms with Gasteiger partial charge >= 0.3 is 0 Å². The summed E-state index contributed by atoms with van der Waals surface area (Å²) in [4.78, 5) is 12.5. The van der Waals surface area contributed by atoms with Gasteiger partial charge in [0.1, 0.15) is 6.04 Å². The minimum absolute atomic E-state index is 0.00275. The number of hydrogen-bond acceptors (Lipinski definition) is 6. The number of hydrogen-bond donors (Lipinski definition) is 3. The Labute approximate surface area is 172 Å². The fourth-order valence-corrected chi connectivity index (χ4v) is 5.00. The molecule has 3 N–H and O–H groups in total. The highest BCUT2D eigenvalue weighted by Crippen LogP contribution is 2.16. The molecule has 0 aliphatic heterocycles. The van der Waals surface area contributed by atoms with E-state index in [1.54, 1.807) is 19.1 Å². The Bertz CT molecular complexity index is 870. The molecule has 11 heteroatoms. The van der Waals surface area contributed by atoms with Gasteiger partial charge in [0.25, 0.3) is 0 Å². The second-order valence-electron chi connectivity index (χ2n) is 6.31. The highest BCUT2D eigenvalue weighted by atomic mass is 32.2. The molecule has 0 heterocycles. The third kappa shape index (κ3) is 8.08. The highest BCUT2D eigenvalue weighted by molar-refractivity contribution is 7.98. The maximum atomic E-state index is 12.4. The lowest BCUT2D eigenvalue weighted by Crippen LogP contribution is -2.48. The summed E-state index contributed by atoms with van der Waals surface area (Å²) in [5, 5.41) is 2.59. The first kappa shape index (κ1) is 24.9. The van der Waals surface area contributed by atoms with Crippen LogP contribution in [-0.4, -0.2) is 59.6 Å². The number of carbonyl (C=O) groups is 1. The van der Waals surface area contributed by atoms with Gasteiger partial charge in [-0.3, -0.25) is 4.79 Å². The number of benzene rings is 1. The molecular formula is C17H29N3O5S3. The number of amides is 1. The quantitative estimate of drug-likeness (QED) is 0.403. The van der Waals surface area contributed by atoms with Gasteiger partial charge in [0.05, 0.1) is 10.6 Å². The van der Waals surface area contributed by atoms with E-state index in [0.29, 0.717) is 17.7 Å². The predicted octanol–water partition coefficient (Wildman–Crippen LogP) is 0.759. The minimum Gasteiger partial charge on any atom is -0.353 e. The molecule has 0 radical (unpaired) electrons. The van der Waals surface area contributed by atoms with Crippen LogP contribution in [0.4, 0.5) is 0 Å². The molecule has 1 rings (SSSR count). The minimum atomic E-state index is -3.69. The molecule has 0 aliphatic rings. The molecule has 160 valence electrons. The molecule has 0 spiro atoms. The lowest BCUT2D eigenvalue weighted by molar-refractivity contribution is -0.122. The van der Waals surface area contributed by atoms with E-state index in [0.717, 1.165) is 5.56 Å². The van der Waals surface area contributed by atoms with Crippen molar-refractivity contribution in [2.45, 2.75) is 38.1 Å². The molecule has 1 unspecified atom stereocenters. The monoisotopic (exact) mass is 451 g/mol. The summed E-state index contributed by atoms with van der Waals surface area (Å²) in [7, 11) is -7.22. The third-order valence-corrected chi connectivity index (χ3v) is 7.63. The van der Waals surface area contributed by atoms with Gasteiger partial charge in [0.2, 0.25) is 26.0 Å². The smallest absolute Gasteiger partial charge is 0.240 e. The van der Waals surface area contributed by atoms with Crippen LogP contribution >= 0.6 is 11.8 Å². The number of nitrogens with one attached hydrogen (secondary N) is 3. The van der Waals surface area contributed by atoms with Gasteiger partial charge in [0.15, 0.2) is 0 Å². The van der Waals surface area contributed by atoms with Crippen molar-refractivity contribution in [1.82, 2.24) is 14.8 Å². The van der Waals surface area contributed by atoms with E-state index in [2.05, 4.69) is 14.8 Å². The van der Waals surface area contributed by atoms with Crippen molar-refractivity contribution in [2.24, 2.45) is 0 Å². The average Bonchev–Trinajstić information content (AvgIpc) is 2.63. The lowest BCUT2D eigenvalue weighted by atomic mass is 10.2. The summed E-state index contributed by atoms with van der Waals surface area (Å²) in [5.41, 5.74) is 1.47. The fraction of sp³-hybridized carbons (Fsp3) is 0.588. The largest absolute Gasteiger partial charge is 0.353 e. The summed E-state index contributed by atoms with van der Waals surface area (Å²) < 4.78 is 53.2. The van der Waals surface area contributed by atoms with E-state index >= 15 is 0 Å². The molecule has 1 atom stereocenters. The summed E-state index contributed by atoms with van der Waals surface area (Å²) in [6.07, 6.45) is 2.21. The Morgan fingerprint density at radius 1 is 1.14 bits per heavy atom. The Balaban J connectivity index is 2.64. The molecular weight excluding hydrogens is 422 g/mol. The number of thioether (sulfide) groups is 1. The van der Waals surface area contributed by atoms with Crippen molar-refractivity contribution in [1.29, 1.82) is 0 Å². The zero-order valence-electron chi connectivity index (χ0n) is 16.6. The van der Waals surface area contributed by atoms with Gasteiger partial charge in [-0.15, -0.1) is 0 Å². The topological polar surface area (TPSA) is 121 Å². The van der Waals surface area contributed by atoms with Crippen LogP contribution in [0.1, 0.15) is 24.5 Å². The molecule has 0 saturated heterocycles. The summed E-state index contributed by atoms with van der Waals surface area (Å²) in [5.74, 6) is 0.0203. The number of sulfonamides is 2.